The molecular weight excluding hydrogens is 394 g/mol. The maximum Gasteiger partial charge on any atom is 0.337 e. The number of carboxylic acids is 1. The fraction of sp³-hybridized carbons (Fsp3) is 0.278. The van der Waals surface area contributed by atoms with Crippen LogP contribution in [-0.4, -0.2) is 24.2 Å². The first-order chi connectivity index (χ1) is 11.4. The molecule has 0 atom stereocenters. The summed E-state index contributed by atoms with van der Waals surface area (Å²) in [5, 5.41) is 13.2. The Morgan fingerprint density at radius 3 is 2.71 bits per heavy atom. The molecule has 0 unspecified atom stereocenters. The second kappa shape index (κ2) is 8.40. The van der Waals surface area contributed by atoms with E-state index in [9.17, 15) is 9.90 Å². The van der Waals surface area contributed by atoms with Gasteiger partial charge in [-0.3, -0.25) is 0 Å². The number of aromatic carboxylic acids is 1. The molecule has 0 bridgehead atoms. The van der Waals surface area contributed by atoms with Crippen molar-refractivity contribution in [2.45, 2.75) is 20.3 Å². The Morgan fingerprint density at radius 2 is 2.04 bits per heavy atom. The Kier molecular flexibility index (Phi) is 6.52. The standard InChI is InChI=1S/C18H19BrClNO3/c1-11-8-14(18(22)23)17(15(19)9-11)21-6-3-7-24-13-4-5-16(20)12(2)10-13/h4-5,8-10,21H,3,6-7H2,1-2H3,(H,22,23). The summed E-state index contributed by atoms with van der Waals surface area (Å²) < 4.78 is 6.42. The van der Waals surface area contributed by atoms with Crippen LogP contribution < -0.4 is 10.1 Å². The summed E-state index contributed by atoms with van der Waals surface area (Å²) in [7, 11) is 0. The first-order valence-corrected chi connectivity index (χ1v) is 8.72. The van der Waals surface area contributed by atoms with Gasteiger partial charge in [0, 0.05) is 16.0 Å². The summed E-state index contributed by atoms with van der Waals surface area (Å²) in [4.78, 5) is 11.4. The van der Waals surface area contributed by atoms with Crippen molar-refractivity contribution < 1.29 is 14.6 Å². The van der Waals surface area contributed by atoms with Gasteiger partial charge in [-0.2, -0.15) is 0 Å². The van der Waals surface area contributed by atoms with Gasteiger partial charge in [0.15, 0.2) is 0 Å². The van der Waals surface area contributed by atoms with Gasteiger partial charge < -0.3 is 15.2 Å². The largest absolute Gasteiger partial charge is 0.494 e. The van der Waals surface area contributed by atoms with Crippen molar-refractivity contribution in [2.24, 2.45) is 0 Å². The van der Waals surface area contributed by atoms with Gasteiger partial charge in [0.1, 0.15) is 5.75 Å². The van der Waals surface area contributed by atoms with Crippen molar-refractivity contribution in [3.63, 3.8) is 0 Å². The Bertz CT molecular complexity index is 749. The Balaban J connectivity index is 1.88. The number of carbonyl (C=O) groups is 1. The molecule has 0 aromatic heterocycles. The van der Waals surface area contributed by atoms with Gasteiger partial charge >= 0.3 is 5.97 Å². The van der Waals surface area contributed by atoms with E-state index in [1.54, 1.807) is 6.07 Å². The molecule has 2 rings (SSSR count). The number of aryl methyl sites for hydroxylation is 2. The maximum absolute atomic E-state index is 11.4. The van der Waals surface area contributed by atoms with E-state index < -0.39 is 5.97 Å². The van der Waals surface area contributed by atoms with Crippen molar-refractivity contribution in [3.05, 3.63) is 56.5 Å². The summed E-state index contributed by atoms with van der Waals surface area (Å²) in [6, 6.07) is 9.09. The third kappa shape index (κ3) is 4.89. The van der Waals surface area contributed by atoms with Crippen molar-refractivity contribution in [2.75, 3.05) is 18.5 Å². The lowest BCUT2D eigenvalue weighted by atomic mass is 10.1. The topological polar surface area (TPSA) is 58.6 Å². The fourth-order valence-electron chi connectivity index (χ4n) is 2.27. The average Bonchev–Trinajstić information content (AvgIpc) is 2.51. The van der Waals surface area contributed by atoms with Crippen LogP contribution in [0.5, 0.6) is 5.75 Å². The molecule has 128 valence electrons. The number of nitrogens with one attached hydrogen (secondary N) is 1. The third-order valence-electron chi connectivity index (χ3n) is 3.49. The fourth-order valence-corrected chi connectivity index (χ4v) is 3.11. The van der Waals surface area contributed by atoms with E-state index in [1.807, 2.05) is 38.1 Å². The number of ether oxygens (including phenoxy) is 1. The van der Waals surface area contributed by atoms with Crippen LogP contribution in [0.25, 0.3) is 0 Å². The van der Waals surface area contributed by atoms with Crippen LogP contribution in [-0.2, 0) is 0 Å². The third-order valence-corrected chi connectivity index (χ3v) is 4.54. The van der Waals surface area contributed by atoms with Crippen molar-refractivity contribution in [1.82, 2.24) is 0 Å². The van der Waals surface area contributed by atoms with Crippen molar-refractivity contribution >= 4 is 39.2 Å². The van der Waals surface area contributed by atoms with Crippen LogP contribution >= 0.6 is 27.5 Å². The number of carboxylic acid groups (broad SMARTS) is 1. The number of anilines is 1. The minimum Gasteiger partial charge on any atom is -0.494 e. The summed E-state index contributed by atoms with van der Waals surface area (Å²) in [5.74, 6) is -0.172. The zero-order chi connectivity index (χ0) is 17.7. The van der Waals surface area contributed by atoms with Gasteiger partial charge in [0.05, 0.1) is 17.9 Å². The van der Waals surface area contributed by atoms with Crippen molar-refractivity contribution in [3.8, 4) is 5.75 Å². The van der Waals surface area contributed by atoms with E-state index >= 15 is 0 Å². The number of benzene rings is 2. The van der Waals surface area contributed by atoms with Crippen LogP contribution in [0.4, 0.5) is 5.69 Å². The lowest BCUT2D eigenvalue weighted by Crippen LogP contribution is -2.11. The van der Waals surface area contributed by atoms with E-state index in [1.165, 1.54) is 0 Å². The molecule has 0 saturated heterocycles. The predicted molar refractivity (Wildman–Crippen MR) is 101 cm³/mol. The minimum atomic E-state index is -0.949. The van der Waals surface area contributed by atoms with Gasteiger partial charge in [-0.15, -0.1) is 0 Å². The van der Waals surface area contributed by atoms with Gasteiger partial charge in [0.2, 0.25) is 0 Å². The molecule has 2 N–H and O–H groups in total. The van der Waals surface area contributed by atoms with Crippen LogP contribution in [0, 0.1) is 13.8 Å². The van der Waals surface area contributed by atoms with E-state index in [0.29, 0.717) is 18.8 Å². The smallest absolute Gasteiger partial charge is 0.337 e. The van der Waals surface area contributed by atoms with Gasteiger partial charge in [-0.25, -0.2) is 4.79 Å². The summed E-state index contributed by atoms with van der Waals surface area (Å²) in [5.41, 5.74) is 2.72. The van der Waals surface area contributed by atoms with E-state index in [2.05, 4.69) is 21.2 Å². The van der Waals surface area contributed by atoms with Crippen molar-refractivity contribution in [1.29, 1.82) is 0 Å². The SMILES string of the molecule is Cc1cc(Br)c(NCCCOc2ccc(Cl)c(C)c2)c(C(=O)O)c1. The average molecular weight is 413 g/mol. The molecule has 0 aliphatic rings. The van der Waals surface area contributed by atoms with Gasteiger partial charge in [-0.1, -0.05) is 11.6 Å². The zero-order valence-electron chi connectivity index (χ0n) is 13.5. The molecule has 0 aliphatic carbocycles. The quantitative estimate of drug-likeness (QED) is 0.606. The highest BCUT2D eigenvalue weighted by molar-refractivity contribution is 9.10. The first-order valence-electron chi connectivity index (χ1n) is 7.54. The highest BCUT2D eigenvalue weighted by Gasteiger charge is 2.13. The van der Waals surface area contributed by atoms with E-state index in [-0.39, 0.29) is 5.56 Å². The summed E-state index contributed by atoms with van der Waals surface area (Å²) in [6.45, 7) is 4.93. The molecule has 2 aromatic carbocycles. The zero-order valence-corrected chi connectivity index (χ0v) is 15.9. The van der Waals surface area contributed by atoms with Gasteiger partial charge in [0.25, 0.3) is 0 Å². The first kappa shape index (κ1) is 18.6. The van der Waals surface area contributed by atoms with Crippen LogP contribution in [0.1, 0.15) is 27.9 Å². The highest BCUT2D eigenvalue weighted by atomic mass is 79.9. The summed E-state index contributed by atoms with van der Waals surface area (Å²) >= 11 is 9.40. The molecule has 6 heteroatoms. The number of rotatable bonds is 7. The Morgan fingerprint density at radius 1 is 1.29 bits per heavy atom. The molecule has 0 heterocycles. The Hall–Kier alpha value is -1.72. The molecule has 24 heavy (non-hydrogen) atoms. The second-order valence-electron chi connectivity index (χ2n) is 5.51. The van der Waals surface area contributed by atoms with E-state index in [0.717, 1.165) is 32.8 Å². The molecule has 4 nitrogen and oxygen atoms in total. The molecular formula is C18H19BrClNO3. The number of hydrogen-bond donors (Lipinski definition) is 2. The molecule has 0 fully saturated rings. The van der Waals surface area contributed by atoms with Gasteiger partial charge in [-0.05, 0) is 77.7 Å². The minimum absolute atomic E-state index is 0.260. The molecule has 0 amide bonds. The lowest BCUT2D eigenvalue weighted by molar-refractivity contribution is 0.0697. The molecule has 0 aliphatic heterocycles. The van der Waals surface area contributed by atoms with Crippen LogP contribution in [0.3, 0.4) is 0 Å². The second-order valence-corrected chi connectivity index (χ2v) is 6.78. The normalized spacial score (nSPS) is 10.5. The maximum atomic E-state index is 11.4. The molecule has 2 aromatic rings. The Labute approximate surface area is 154 Å². The van der Waals surface area contributed by atoms with Crippen LogP contribution in [0.15, 0.2) is 34.8 Å². The molecule has 0 spiro atoms. The van der Waals surface area contributed by atoms with E-state index in [4.69, 9.17) is 16.3 Å². The van der Waals surface area contributed by atoms with Crippen LogP contribution in [0.2, 0.25) is 5.02 Å². The number of halogens is 2. The molecule has 0 radical (unpaired) electrons. The summed E-state index contributed by atoms with van der Waals surface area (Å²) in [6.07, 6.45) is 0.737. The molecule has 0 saturated carbocycles. The predicted octanol–water partition coefficient (Wildman–Crippen LogP) is 5.30. The lowest BCUT2D eigenvalue weighted by Gasteiger charge is -2.13. The highest BCUT2D eigenvalue weighted by Crippen LogP contribution is 2.28. The monoisotopic (exact) mass is 411 g/mol. The number of hydrogen-bond acceptors (Lipinski definition) is 3.